The molecule has 1 N–H and O–H groups in total. The fourth-order valence-corrected chi connectivity index (χ4v) is 2.91. The van der Waals surface area contributed by atoms with Crippen LogP contribution in [-0.4, -0.2) is 35.0 Å². The SMILES string of the molecule is Cc1ccc(-c2nnc(SCC(=O)NCCOc3ccccc3)o2)cc1C. The van der Waals surface area contributed by atoms with Crippen LogP contribution in [0.5, 0.6) is 5.75 Å². The van der Waals surface area contributed by atoms with Crippen molar-refractivity contribution in [3.8, 4) is 17.2 Å². The Morgan fingerprint density at radius 3 is 2.70 bits per heavy atom. The molecular formula is C20H21N3O3S. The third kappa shape index (κ3) is 5.59. The molecule has 27 heavy (non-hydrogen) atoms. The number of amides is 1. The second-order valence-electron chi connectivity index (χ2n) is 5.97. The van der Waals surface area contributed by atoms with Gasteiger partial charge in [-0.15, -0.1) is 10.2 Å². The van der Waals surface area contributed by atoms with Gasteiger partial charge in [-0.1, -0.05) is 36.0 Å². The summed E-state index contributed by atoms with van der Waals surface area (Å²) in [6.45, 7) is 4.94. The summed E-state index contributed by atoms with van der Waals surface area (Å²) in [5, 5.41) is 11.2. The summed E-state index contributed by atoms with van der Waals surface area (Å²) in [5.74, 6) is 1.34. The Morgan fingerprint density at radius 2 is 1.93 bits per heavy atom. The number of thioether (sulfide) groups is 1. The lowest BCUT2D eigenvalue weighted by atomic mass is 10.1. The highest BCUT2D eigenvalue weighted by Gasteiger charge is 2.11. The van der Waals surface area contributed by atoms with Crippen molar-refractivity contribution in [2.45, 2.75) is 19.1 Å². The molecule has 140 valence electrons. The Balaban J connectivity index is 1.41. The smallest absolute Gasteiger partial charge is 0.277 e. The van der Waals surface area contributed by atoms with E-state index < -0.39 is 0 Å². The van der Waals surface area contributed by atoms with Crippen LogP contribution in [-0.2, 0) is 4.79 Å². The normalized spacial score (nSPS) is 10.6. The zero-order valence-corrected chi connectivity index (χ0v) is 16.1. The predicted octanol–water partition coefficient (Wildman–Crippen LogP) is 3.64. The van der Waals surface area contributed by atoms with Crippen LogP contribution in [0.15, 0.2) is 58.2 Å². The number of ether oxygens (including phenoxy) is 1. The number of benzene rings is 2. The first-order valence-corrected chi connectivity index (χ1v) is 9.59. The topological polar surface area (TPSA) is 77.2 Å². The van der Waals surface area contributed by atoms with Gasteiger partial charge in [0.2, 0.25) is 11.8 Å². The van der Waals surface area contributed by atoms with Crippen molar-refractivity contribution >= 4 is 17.7 Å². The van der Waals surface area contributed by atoms with E-state index in [4.69, 9.17) is 9.15 Å². The lowest BCUT2D eigenvalue weighted by molar-refractivity contribution is -0.118. The first kappa shape index (κ1) is 19.0. The summed E-state index contributed by atoms with van der Waals surface area (Å²) in [6.07, 6.45) is 0. The molecule has 0 aliphatic heterocycles. The fraction of sp³-hybridized carbons (Fsp3) is 0.250. The zero-order chi connectivity index (χ0) is 19.1. The average Bonchev–Trinajstić information content (AvgIpc) is 3.16. The number of nitrogens with zero attached hydrogens (tertiary/aromatic N) is 2. The maximum Gasteiger partial charge on any atom is 0.277 e. The van der Waals surface area contributed by atoms with Crippen molar-refractivity contribution in [2.24, 2.45) is 0 Å². The second kappa shape index (κ2) is 9.23. The van der Waals surface area contributed by atoms with Crippen LogP contribution in [0.3, 0.4) is 0 Å². The molecule has 0 spiro atoms. The predicted molar refractivity (Wildman–Crippen MR) is 105 cm³/mol. The molecule has 3 rings (SSSR count). The van der Waals surface area contributed by atoms with E-state index in [-0.39, 0.29) is 11.7 Å². The Bertz CT molecular complexity index is 896. The minimum atomic E-state index is -0.109. The van der Waals surface area contributed by atoms with E-state index in [0.717, 1.165) is 16.9 Å². The largest absolute Gasteiger partial charge is 0.492 e. The van der Waals surface area contributed by atoms with Gasteiger partial charge >= 0.3 is 0 Å². The number of carbonyl (C=O) groups is 1. The van der Waals surface area contributed by atoms with Gasteiger partial charge in [-0.3, -0.25) is 4.79 Å². The lowest BCUT2D eigenvalue weighted by Gasteiger charge is -2.06. The molecule has 3 aromatic rings. The molecule has 0 radical (unpaired) electrons. The van der Waals surface area contributed by atoms with E-state index in [1.165, 1.54) is 17.3 Å². The van der Waals surface area contributed by atoms with E-state index in [1.54, 1.807) is 0 Å². The maximum atomic E-state index is 11.9. The van der Waals surface area contributed by atoms with Crippen LogP contribution < -0.4 is 10.1 Å². The molecule has 0 aliphatic carbocycles. The molecule has 0 bridgehead atoms. The van der Waals surface area contributed by atoms with Crippen LogP contribution in [0.1, 0.15) is 11.1 Å². The van der Waals surface area contributed by atoms with E-state index in [0.29, 0.717) is 24.3 Å². The Hall–Kier alpha value is -2.80. The summed E-state index contributed by atoms with van der Waals surface area (Å²) in [6, 6.07) is 15.5. The number of para-hydroxylation sites is 1. The van der Waals surface area contributed by atoms with Gasteiger partial charge in [0.25, 0.3) is 5.22 Å². The quantitative estimate of drug-likeness (QED) is 0.473. The monoisotopic (exact) mass is 383 g/mol. The van der Waals surface area contributed by atoms with Gasteiger partial charge in [0.05, 0.1) is 12.3 Å². The van der Waals surface area contributed by atoms with Crippen LogP contribution in [0.2, 0.25) is 0 Å². The number of aryl methyl sites for hydroxylation is 2. The first-order valence-electron chi connectivity index (χ1n) is 8.60. The minimum Gasteiger partial charge on any atom is -0.492 e. The molecule has 0 fully saturated rings. The van der Waals surface area contributed by atoms with Crippen LogP contribution in [0, 0.1) is 13.8 Å². The number of carbonyl (C=O) groups excluding carboxylic acids is 1. The van der Waals surface area contributed by atoms with E-state index >= 15 is 0 Å². The van der Waals surface area contributed by atoms with E-state index in [9.17, 15) is 4.79 Å². The molecule has 0 aliphatic rings. The van der Waals surface area contributed by atoms with Gasteiger partial charge in [0.15, 0.2) is 0 Å². The maximum absolute atomic E-state index is 11.9. The first-order chi connectivity index (χ1) is 13.1. The van der Waals surface area contributed by atoms with Gasteiger partial charge in [0, 0.05) is 5.56 Å². The Kier molecular flexibility index (Phi) is 6.49. The van der Waals surface area contributed by atoms with Gasteiger partial charge in [-0.05, 0) is 49.2 Å². The van der Waals surface area contributed by atoms with Crippen LogP contribution in [0.4, 0.5) is 0 Å². The standard InChI is InChI=1S/C20H21N3O3S/c1-14-8-9-16(12-15(14)2)19-22-23-20(26-19)27-13-18(24)21-10-11-25-17-6-4-3-5-7-17/h3-9,12H,10-11,13H2,1-2H3,(H,21,24). The van der Waals surface area contributed by atoms with Crippen molar-refractivity contribution in [2.75, 3.05) is 18.9 Å². The molecule has 0 atom stereocenters. The third-order valence-corrected chi connectivity index (χ3v) is 4.74. The summed E-state index contributed by atoms with van der Waals surface area (Å²) in [7, 11) is 0. The van der Waals surface area contributed by atoms with Crippen LogP contribution in [0.25, 0.3) is 11.5 Å². The summed E-state index contributed by atoms with van der Waals surface area (Å²) < 4.78 is 11.2. The molecule has 0 saturated heterocycles. The van der Waals surface area contributed by atoms with Crippen molar-refractivity contribution in [3.63, 3.8) is 0 Å². The van der Waals surface area contributed by atoms with Crippen molar-refractivity contribution in [1.29, 1.82) is 0 Å². The van der Waals surface area contributed by atoms with Crippen molar-refractivity contribution < 1.29 is 13.9 Å². The van der Waals surface area contributed by atoms with Crippen molar-refractivity contribution in [3.05, 3.63) is 59.7 Å². The number of hydrogen-bond donors (Lipinski definition) is 1. The van der Waals surface area contributed by atoms with Gasteiger partial charge in [0.1, 0.15) is 12.4 Å². The summed E-state index contributed by atoms with van der Waals surface area (Å²) in [5.41, 5.74) is 3.25. The molecular weight excluding hydrogens is 362 g/mol. The molecule has 1 aromatic heterocycles. The Morgan fingerprint density at radius 1 is 1.11 bits per heavy atom. The molecule has 6 nitrogen and oxygen atoms in total. The second-order valence-corrected chi connectivity index (χ2v) is 6.90. The molecule has 1 heterocycles. The van der Waals surface area contributed by atoms with Gasteiger partial charge in [-0.2, -0.15) is 0 Å². The highest BCUT2D eigenvalue weighted by molar-refractivity contribution is 7.99. The van der Waals surface area contributed by atoms with Crippen molar-refractivity contribution in [1.82, 2.24) is 15.5 Å². The molecule has 0 unspecified atom stereocenters. The minimum absolute atomic E-state index is 0.109. The van der Waals surface area contributed by atoms with E-state index in [2.05, 4.69) is 22.4 Å². The summed E-state index contributed by atoms with van der Waals surface area (Å²) in [4.78, 5) is 11.9. The van der Waals surface area contributed by atoms with Gasteiger partial charge < -0.3 is 14.5 Å². The fourth-order valence-electron chi connectivity index (χ4n) is 2.31. The third-order valence-electron chi connectivity index (χ3n) is 3.92. The zero-order valence-electron chi connectivity index (χ0n) is 15.3. The molecule has 2 aromatic carbocycles. The highest BCUT2D eigenvalue weighted by atomic mass is 32.2. The van der Waals surface area contributed by atoms with Gasteiger partial charge in [-0.25, -0.2) is 0 Å². The van der Waals surface area contributed by atoms with E-state index in [1.807, 2.05) is 55.5 Å². The molecule has 1 amide bonds. The Labute approximate surface area is 162 Å². The summed E-state index contributed by atoms with van der Waals surface area (Å²) >= 11 is 1.21. The number of aromatic nitrogens is 2. The lowest BCUT2D eigenvalue weighted by Crippen LogP contribution is -2.29. The number of nitrogens with one attached hydrogen (secondary N) is 1. The number of rotatable bonds is 8. The highest BCUT2D eigenvalue weighted by Crippen LogP contribution is 2.24. The van der Waals surface area contributed by atoms with Crippen LogP contribution >= 0.6 is 11.8 Å². The number of hydrogen-bond acceptors (Lipinski definition) is 6. The molecule has 7 heteroatoms. The molecule has 0 saturated carbocycles. The average molecular weight is 383 g/mol.